The number of benzene rings is 3. The zero-order chi connectivity index (χ0) is 28.8. The van der Waals surface area contributed by atoms with Crippen LogP contribution in [-0.4, -0.2) is 51.6 Å². The molecule has 6 rings (SSSR count). The van der Waals surface area contributed by atoms with E-state index in [0.29, 0.717) is 35.7 Å². The monoisotopic (exact) mass is 573 g/mol. The molecule has 0 aliphatic carbocycles. The van der Waals surface area contributed by atoms with Crippen LogP contribution in [-0.2, 0) is 25.7 Å². The second-order valence-corrected chi connectivity index (χ2v) is 11.7. The molecular weight excluding hydrogens is 542 g/mol. The van der Waals surface area contributed by atoms with E-state index in [1.807, 2.05) is 67.6 Å². The molecule has 3 aliphatic rings. The van der Waals surface area contributed by atoms with Crippen molar-refractivity contribution < 1.29 is 24.2 Å². The van der Waals surface area contributed by atoms with E-state index < -0.39 is 47.6 Å². The average molecular weight is 574 g/mol. The molecule has 1 spiro atoms. The quantitative estimate of drug-likeness (QED) is 0.376. The van der Waals surface area contributed by atoms with Crippen molar-refractivity contribution in [1.82, 2.24) is 10.2 Å². The van der Waals surface area contributed by atoms with Crippen molar-refractivity contribution in [1.29, 1.82) is 0 Å². The number of carbonyl (C=O) groups is 3. The summed E-state index contributed by atoms with van der Waals surface area (Å²) >= 11 is 6.04. The number of amides is 3. The summed E-state index contributed by atoms with van der Waals surface area (Å²) in [5.41, 5.74) is 0.0127. The van der Waals surface area contributed by atoms with Crippen molar-refractivity contribution in [3.63, 3.8) is 0 Å². The largest absolute Gasteiger partial charge is 0.394 e. The Hall–Kier alpha value is -3.72. The molecule has 8 nitrogen and oxygen atoms in total. The van der Waals surface area contributed by atoms with E-state index in [0.717, 1.165) is 5.56 Å². The molecule has 3 aromatic rings. The first kappa shape index (κ1) is 27.4. The van der Waals surface area contributed by atoms with Gasteiger partial charge in [-0.05, 0) is 55.2 Å². The highest BCUT2D eigenvalue weighted by molar-refractivity contribution is 6.30. The smallest absolute Gasteiger partial charge is 0.250 e. The van der Waals surface area contributed by atoms with E-state index in [1.54, 1.807) is 24.3 Å². The van der Waals surface area contributed by atoms with Crippen LogP contribution in [0.5, 0.6) is 0 Å². The molecule has 0 saturated carbocycles. The Labute approximate surface area is 243 Å². The number of nitrogens with one attached hydrogen (secondary N) is 2. The Morgan fingerprint density at radius 3 is 2.32 bits per heavy atom. The van der Waals surface area contributed by atoms with E-state index in [4.69, 9.17) is 16.3 Å². The van der Waals surface area contributed by atoms with Gasteiger partial charge in [0.2, 0.25) is 17.7 Å². The third-order valence-corrected chi connectivity index (χ3v) is 9.11. The van der Waals surface area contributed by atoms with Gasteiger partial charge in [-0.25, -0.2) is 0 Å². The fourth-order valence-corrected chi connectivity index (χ4v) is 7.19. The van der Waals surface area contributed by atoms with Gasteiger partial charge in [-0.3, -0.25) is 14.4 Å². The molecule has 3 saturated heterocycles. The Kier molecular flexibility index (Phi) is 7.09. The predicted molar refractivity (Wildman–Crippen MR) is 154 cm³/mol. The number of hydrogen-bond acceptors (Lipinski definition) is 5. The molecule has 2 unspecified atom stereocenters. The number of halogens is 1. The minimum atomic E-state index is -1.22. The second kappa shape index (κ2) is 10.6. The maximum atomic E-state index is 14.4. The van der Waals surface area contributed by atoms with Gasteiger partial charge in [-0.1, -0.05) is 72.3 Å². The first-order chi connectivity index (χ1) is 19.8. The Balaban J connectivity index is 1.38. The number of rotatable bonds is 8. The number of aliphatic hydroxyl groups excluding tert-OH is 1. The summed E-state index contributed by atoms with van der Waals surface area (Å²) in [6.07, 6.45) is 0.957. The molecule has 3 heterocycles. The van der Waals surface area contributed by atoms with Crippen LogP contribution in [0, 0.1) is 11.8 Å². The summed E-state index contributed by atoms with van der Waals surface area (Å²) in [6, 6.07) is 23.5. The van der Waals surface area contributed by atoms with Gasteiger partial charge < -0.3 is 25.4 Å². The first-order valence-corrected chi connectivity index (χ1v) is 14.2. The second-order valence-electron chi connectivity index (χ2n) is 11.3. The number of nitrogens with zero attached hydrogens (tertiary/aromatic N) is 1. The van der Waals surface area contributed by atoms with E-state index in [1.165, 1.54) is 4.90 Å². The number of fused-ring (bicyclic) bond motifs is 1. The van der Waals surface area contributed by atoms with Crippen LogP contribution in [0.2, 0.25) is 5.02 Å². The highest BCUT2D eigenvalue weighted by Crippen LogP contribution is 2.64. The lowest BCUT2D eigenvalue weighted by Gasteiger charge is -2.37. The Morgan fingerprint density at radius 1 is 1.00 bits per heavy atom. The number of likely N-dealkylation sites (tertiary alicyclic amines) is 1. The van der Waals surface area contributed by atoms with E-state index in [2.05, 4.69) is 10.6 Å². The molecule has 9 heteroatoms. The number of carbonyl (C=O) groups excluding carboxylic acids is 3. The zero-order valence-corrected chi connectivity index (χ0v) is 23.4. The lowest BCUT2D eigenvalue weighted by molar-refractivity contribution is -0.148. The highest BCUT2D eigenvalue weighted by atomic mass is 35.5. The van der Waals surface area contributed by atoms with Crippen LogP contribution >= 0.6 is 11.6 Å². The van der Waals surface area contributed by atoms with Crippen LogP contribution in [0.3, 0.4) is 0 Å². The molecule has 3 aromatic carbocycles. The SMILES string of the molecule is C[C@]12CCC3(O1)C(C(=O)Nc1ccc(Cl)cc1)N([C@H](CO)c1ccccc1)C(=O)[C@@H]3[C@H]2C(=O)NCc1ccccc1. The van der Waals surface area contributed by atoms with Crippen molar-refractivity contribution in [3.8, 4) is 0 Å². The van der Waals surface area contributed by atoms with Gasteiger partial charge in [0.15, 0.2) is 0 Å². The summed E-state index contributed by atoms with van der Waals surface area (Å²) in [5.74, 6) is -2.76. The molecular formula is C32H32ClN3O5. The third-order valence-electron chi connectivity index (χ3n) is 8.86. The van der Waals surface area contributed by atoms with Gasteiger partial charge in [0.25, 0.3) is 0 Å². The molecule has 6 atom stereocenters. The maximum absolute atomic E-state index is 14.4. The van der Waals surface area contributed by atoms with E-state index >= 15 is 0 Å². The van der Waals surface area contributed by atoms with Gasteiger partial charge >= 0.3 is 0 Å². The lowest BCUT2D eigenvalue weighted by Crippen LogP contribution is -2.54. The van der Waals surface area contributed by atoms with Gasteiger partial charge in [0.05, 0.1) is 30.1 Å². The molecule has 2 bridgehead atoms. The van der Waals surface area contributed by atoms with Crippen molar-refractivity contribution in [2.75, 3.05) is 11.9 Å². The minimum absolute atomic E-state index is 0.282. The highest BCUT2D eigenvalue weighted by Gasteiger charge is 2.78. The minimum Gasteiger partial charge on any atom is -0.394 e. The molecule has 0 aromatic heterocycles. The summed E-state index contributed by atoms with van der Waals surface area (Å²) in [5, 5.41) is 17.0. The maximum Gasteiger partial charge on any atom is 0.250 e. The molecule has 212 valence electrons. The molecule has 0 radical (unpaired) electrons. The summed E-state index contributed by atoms with van der Waals surface area (Å²) in [7, 11) is 0. The van der Waals surface area contributed by atoms with Crippen LogP contribution < -0.4 is 10.6 Å². The number of hydrogen-bond donors (Lipinski definition) is 3. The normalized spacial score (nSPS) is 28.8. The standard InChI is InChI=1S/C32H32ClN3O5/c1-31-16-17-32(41-31)26(25(31)28(38)34-18-20-8-4-2-5-9-20)30(40)36(24(19-37)21-10-6-3-7-11-21)27(32)29(39)35-23-14-12-22(33)13-15-23/h2-15,24-27,37H,16-19H2,1H3,(H,34,38)(H,35,39)/t24-,25+,26+,27?,31-,32?/m1/s1. The number of anilines is 1. The van der Waals surface area contributed by atoms with Gasteiger partial charge in [-0.2, -0.15) is 0 Å². The summed E-state index contributed by atoms with van der Waals surface area (Å²) in [6.45, 7) is 1.78. The van der Waals surface area contributed by atoms with Crippen molar-refractivity contribution in [2.45, 2.75) is 49.6 Å². The molecule has 3 fully saturated rings. The molecule has 3 N–H and O–H groups in total. The molecule has 3 aliphatic heterocycles. The average Bonchev–Trinajstić information content (AvgIpc) is 3.55. The zero-order valence-electron chi connectivity index (χ0n) is 22.6. The summed E-state index contributed by atoms with van der Waals surface area (Å²) in [4.78, 5) is 43.8. The fourth-order valence-electron chi connectivity index (χ4n) is 7.07. The fraction of sp³-hybridized carbons (Fsp3) is 0.344. The van der Waals surface area contributed by atoms with Gasteiger partial charge in [0, 0.05) is 17.3 Å². The number of ether oxygens (including phenoxy) is 1. The van der Waals surface area contributed by atoms with E-state index in [-0.39, 0.29) is 11.8 Å². The van der Waals surface area contributed by atoms with Crippen LogP contribution in [0.15, 0.2) is 84.9 Å². The number of aliphatic hydroxyl groups is 1. The van der Waals surface area contributed by atoms with Crippen LogP contribution in [0.25, 0.3) is 0 Å². The van der Waals surface area contributed by atoms with Crippen molar-refractivity contribution in [2.24, 2.45) is 11.8 Å². The van der Waals surface area contributed by atoms with Gasteiger partial charge in [-0.15, -0.1) is 0 Å². The van der Waals surface area contributed by atoms with E-state index in [9.17, 15) is 19.5 Å². The Bertz CT molecular complexity index is 1450. The molecule has 3 amide bonds. The van der Waals surface area contributed by atoms with Crippen molar-refractivity contribution >= 4 is 35.0 Å². The van der Waals surface area contributed by atoms with Crippen LogP contribution in [0.1, 0.15) is 36.9 Å². The third kappa shape index (κ3) is 4.60. The summed E-state index contributed by atoms with van der Waals surface area (Å²) < 4.78 is 6.69. The molecule has 41 heavy (non-hydrogen) atoms. The van der Waals surface area contributed by atoms with Crippen LogP contribution in [0.4, 0.5) is 5.69 Å². The van der Waals surface area contributed by atoms with Crippen molar-refractivity contribution in [3.05, 3.63) is 101 Å². The lowest BCUT2D eigenvalue weighted by atomic mass is 9.66. The Morgan fingerprint density at radius 2 is 1.66 bits per heavy atom. The van der Waals surface area contributed by atoms with Gasteiger partial charge in [0.1, 0.15) is 11.6 Å². The first-order valence-electron chi connectivity index (χ1n) is 13.8. The predicted octanol–water partition coefficient (Wildman–Crippen LogP) is 4.09. The topological polar surface area (TPSA) is 108 Å².